The van der Waals surface area contributed by atoms with Gasteiger partial charge in [-0.15, -0.1) is 0 Å². The molecule has 17 heavy (non-hydrogen) atoms. The van der Waals surface area contributed by atoms with Gasteiger partial charge in [0.2, 0.25) is 0 Å². The number of hydrogen-bond acceptors (Lipinski definition) is 4. The lowest BCUT2D eigenvalue weighted by Gasteiger charge is -2.29. The lowest BCUT2D eigenvalue weighted by atomic mass is 9.92. The molecule has 1 saturated carbocycles. The van der Waals surface area contributed by atoms with Crippen LogP contribution in [0.3, 0.4) is 0 Å². The number of halogens is 1. The summed E-state index contributed by atoms with van der Waals surface area (Å²) in [5.74, 6) is 0.766. The van der Waals surface area contributed by atoms with Crippen molar-refractivity contribution in [2.45, 2.75) is 44.8 Å². The van der Waals surface area contributed by atoms with Crippen LogP contribution in [0.15, 0.2) is 10.7 Å². The molecule has 5 heteroatoms. The number of nitrogen functional groups attached to an aromatic ring is 1. The Morgan fingerprint density at radius 3 is 2.88 bits per heavy atom. The Balaban J connectivity index is 2.15. The zero-order chi connectivity index (χ0) is 12.4. The maximum atomic E-state index is 9.91. The largest absolute Gasteiger partial charge is 0.397 e. The third kappa shape index (κ3) is 2.72. The van der Waals surface area contributed by atoms with Crippen LogP contribution >= 0.6 is 15.9 Å². The highest BCUT2D eigenvalue weighted by molar-refractivity contribution is 9.10. The molecule has 0 aliphatic heterocycles. The van der Waals surface area contributed by atoms with E-state index in [1.165, 1.54) is 0 Å². The molecule has 0 aromatic carbocycles. The first kappa shape index (κ1) is 12.6. The van der Waals surface area contributed by atoms with Crippen molar-refractivity contribution in [2.24, 2.45) is 0 Å². The molecule has 1 aromatic heterocycles. The molecule has 94 valence electrons. The maximum Gasteiger partial charge on any atom is 0.141 e. The van der Waals surface area contributed by atoms with E-state index in [4.69, 9.17) is 5.73 Å². The Labute approximate surface area is 110 Å². The highest BCUT2D eigenvalue weighted by atomic mass is 79.9. The number of rotatable bonds is 2. The average molecular weight is 300 g/mol. The van der Waals surface area contributed by atoms with E-state index in [0.717, 1.165) is 41.5 Å². The number of pyridine rings is 1. The van der Waals surface area contributed by atoms with Gasteiger partial charge in [0.1, 0.15) is 5.82 Å². The SMILES string of the molecule is Cc1c(N)cnc(NC2CCCCC2O)c1Br. The summed E-state index contributed by atoms with van der Waals surface area (Å²) in [6.07, 6.45) is 5.48. The van der Waals surface area contributed by atoms with Crippen LogP contribution in [0.5, 0.6) is 0 Å². The van der Waals surface area contributed by atoms with Gasteiger partial charge in [-0.3, -0.25) is 0 Å². The second kappa shape index (κ2) is 5.23. The summed E-state index contributed by atoms with van der Waals surface area (Å²) in [6, 6.07) is 0.0931. The predicted octanol–water partition coefficient (Wildman–Crippen LogP) is 2.45. The summed E-state index contributed by atoms with van der Waals surface area (Å²) in [5, 5.41) is 13.2. The fourth-order valence-electron chi connectivity index (χ4n) is 2.15. The van der Waals surface area contributed by atoms with Gasteiger partial charge in [0.25, 0.3) is 0 Å². The van der Waals surface area contributed by atoms with Gasteiger partial charge < -0.3 is 16.2 Å². The maximum absolute atomic E-state index is 9.91. The first-order chi connectivity index (χ1) is 8.09. The minimum atomic E-state index is -0.282. The van der Waals surface area contributed by atoms with Gasteiger partial charge in [-0.2, -0.15) is 0 Å². The third-order valence-corrected chi connectivity index (χ3v) is 4.32. The topological polar surface area (TPSA) is 71.2 Å². The summed E-state index contributed by atoms with van der Waals surface area (Å²) in [7, 11) is 0. The van der Waals surface area contributed by atoms with Gasteiger partial charge in [-0.25, -0.2) is 4.98 Å². The second-order valence-electron chi connectivity index (χ2n) is 4.60. The number of hydrogen-bond donors (Lipinski definition) is 3. The fourth-order valence-corrected chi connectivity index (χ4v) is 2.59. The van der Waals surface area contributed by atoms with Crippen LogP contribution in [0.2, 0.25) is 0 Å². The van der Waals surface area contributed by atoms with Crippen LogP contribution in [0.4, 0.5) is 11.5 Å². The summed E-state index contributed by atoms with van der Waals surface area (Å²) < 4.78 is 0.885. The Bertz CT molecular complexity index is 411. The van der Waals surface area contributed by atoms with Crippen molar-refractivity contribution in [1.29, 1.82) is 0 Å². The van der Waals surface area contributed by atoms with Crippen LogP contribution in [0, 0.1) is 6.92 Å². The molecule has 1 aliphatic carbocycles. The van der Waals surface area contributed by atoms with E-state index < -0.39 is 0 Å². The molecule has 0 spiro atoms. The van der Waals surface area contributed by atoms with E-state index in [2.05, 4.69) is 26.2 Å². The summed E-state index contributed by atoms with van der Waals surface area (Å²) >= 11 is 3.49. The van der Waals surface area contributed by atoms with E-state index in [0.29, 0.717) is 5.69 Å². The van der Waals surface area contributed by atoms with Crippen molar-refractivity contribution >= 4 is 27.4 Å². The number of nitrogens with one attached hydrogen (secondary N) is 1. The minimum Gasteiger partial charge on any atom is -0.397 e. The molecule has 2 atom stereocenters. The van der Waals surface area contributed by atoms with Gasteiger partial charge in [0.15, 0.2) is 0 Å². The van der Waals surface area contributed by atoms with Crippen molar-refractivity contribution in [2.75, 3.05) is 11.1 Å². The Hall–Kier alpha value is -0.810. The van der Waals surface area contributed by atoms with Crippen molar-refractivity contribution in [3.8, 4) is 0 Å². The molecule has 0 amide bonds. The number of nitrogens with zero attached hydrogens (tertiary/aromatic N) is 1. The number of aliphatic hydroxyl groups excluding tert-OH is 1. The molecule has 2 rings (SSSR count). The molecule has 0 radical (unpaired) electrons. The quantitative estimate of drug-likeness (QED) is 0.784. The molecule has 4 nitrogen and oxygen atoms in total. The predicted molar refractivity (Wildman–Crippen MR) is 73.0 cm³/mol. The highest BCUT2D eigenvalue weighted by Crippen LogP contribution is 2.30. The lowest BCUT2D eigenvalue weighted by molar-refractivity contribution is 0.116. The van der Waals surface area contributed by atoms with Crippen LogP contribution < -0.4 is 11.1 Å². The molecule has 1 fully saturated rings. The zero-order valence-corrected chi connectivity index (χ0v) is 11.5. The normalized spacial score (nSPS) is 24.6. The van der Waals surface area contributed by atoms with Crippen LogP contribution in [-0.2, 0) is 0 Å². The highest BCUT2D eigenvalue weighted by Gasteiger charge is 2.24. The molecule has 0 saturated heterocycles. The van der Waals surface area contributed by atoms with Crippen LogP contribution in [0.1, 0.15) is 31.2 Å². The molecular weight excluding hydrogens is 282 g/mol. The molecule has 0 bridgehead atoms. The van der Waals surface area contributed by atoms with Gasteiger partial charge in [-0.05, 0) is 41.3 Å². The van der Waals surface area contributed by atoms with Gasteiger partial charge in [0, 0.05) is 0 Å². The van der Waals surface area contributed by atoms with Crippen LogP contribution in [0.25, 0.3) is 0 Å². The summed E-state index contributed by atoms with van der Waals surface area (Å²) in [5.41, 5.74) is 7.43. The molecule has 1 aliphatic rings. The fraction of sp³-hybridized carbons (Fsp3) is 0.583. The number of aromatic nitrogens is 1. The number of aliphatic hydroxyl groups is 1. The Kier molecular flexibility index (Phi) is 3.89. The van der Waals surface area contributed by atoms with Crippen molar-refractivity contribution in [1.82, 2.24) is 4.98 Å². The smallest absolute Gasteiger partial charge is 0.141 e. The van der Waals surface area contributed by atoms with Crippen molar-refractivity contribution in [3.63, 3.8) is 0 Å². The lowest BCUT2D eigenvalue weighted by Crippen LogP contribution is -2.36. The summed E-state index contributed by atoms with van der Waals surface area (Å²) in [6.45, 7) is 1.95. The van der Waals surface area contributed by atoms with E-state index in [1.807, 2.05) is 6.92 Å². The number of nitrogens with two attached hydrogens (primary N) is 1. The van der Waals surface area contributed by atoms with Gasteiger partial charge in [-0.1, -0.05) is 12.8 Å². The third-order valence-electron chi connectivity index (χ3n) is 3.35. The molecule has 1 heterocycles. The number of anilines is 2. The van der Waals surface area contributed by atoms with E-state index in [-0.39, 0.29) is 12.1 Å². The standard InChI is InChI=1S/C12H18BrN3O/c1-7-8(14)6-15-12(11(7)13)16-9-4-2-3-5-10(9)17/h6,9-10,17H,2-5,14H2,1H3,(H,15,16). The van der Waals surface area contributed by atoms with Crippen LogP contribution in [-0.4, -0.2) is 22.2 Å². The Morgan fingerprint density at radius 1 is 1.47 bits per heavy atom. The van der Waals surface area contributed by atoms with Crippen molar-refractivity contribution in [3.05, 3.63) is 16.2 Å². The van der Waals surface area contributed by atoms with Gasteiger partial charge >= 0.3 is 0 Å². The second-order valence-corrected chi connectivity index (χ2v) is 5.40. The Morgan fingerprint density at radius 2 is 2.18 bits per heavy atom. The molecule has 2 unspecified atom stereocenters. The average Bonchev–Trinajstić information content (AvgIpc) is 2.32. The first-order valence-electron chi connectivity index (χ1n) is 5.94. The van der Waals surface area contributed by atoms with Crippen molar-refractivity contribution < 1.29 is 5.11 Å². The minimum absolute atomic E-state index is 0.0931. The monoisotopic (exact) mass is 299 g/mol. The van der Waals surface area contributed by atoms with E-state index in [1.54, 1.807) is 6.20 Å². The molecule has 1 aromatic rings. The first-order valence-corrected chi connectivity index (χ1v) is 6.74. The van der Waals surface area contributed by atoms with E-state index >= 15 is 0 Å². The van der Waals surface area contributed by atoms with Gasteiger partial charge in [0.05, 0.1) is 28.5 Å². The van der Waals surface area contributed by atoms with E-state index in [9.17, 15) is 5.11 Å². The zero-order valence-electron chi connectivity index (χ0n) is 9.91. The molecular formula is C12H18BrN3O. The molecule has 4 N–H and O–H groups in total. The summed E-state index contributed by atoms with van der Waals surface area (Å²) in [4.78, 5) is 4.27.